The molecule has 2 aliphatic rings. The minimum absolute atomic E-state index is 0.0679. The Bertz CT molecular complexity index is 865. The molecule has 1 atom stereocenters. The lowest BCUT2D eigenvalue weighted by molar-refractivity contribution is -0.143. The molecule has 0 radical (unpaired) electrons. The third-order valence-electron chi connectivity index (χ3n) is 5.76. The number of rotatable bonds is 5. The minimum atomic E-state index is -0.548. The molecule has 6 heteroatoms. The maximum atomic E-state index is 13.6. The number of piperazine rings is 1. The Morgan fingerprint density at radius 3 is 2.61 bits per heavy atom. The molecule has 144 valence electrons. The second kappa shape index (κ2) is 7.54. The average Bonchev–Trinajstić information content (AvgIpc) is 3.56. The topological polar surface area (TPSA) is 66.4 Å². The van der Waals surface area contributed by atoms with Crippen LogP contribution in [0.25, 0.3) is 0 Å². The lowest BCUT2D eigenvalue weighted by Crippen LogP contribution is -2.59. The zero-order valence-corrected chi connectivity index (χ0v) is 15.8. The second-order valence-corrected chi connectivity index (χ2v) is 7.50. The van der Waals surface area contributed by atoms with Crippen LogP contribution in [0.4, 0.5) is 0 Å². The predicted octanol–water partition coefficient (Wildman–Crippen LogP) is 1.98. The number of carbonyl (C=O) groups excluding carboxylic acids is 2. The van der Waals surface area contributed by atoms with Crippen LogP contribution in [0.1, 0.15) is 24.1 Å². The molecule has 0 N–H and O–H groups in total. The van der Waals surface area contributed by atoms with E-state index in [4.69, 9.17) is 0 Å². The van der Waals surface area contributed by atoms with Crippen molar-refractivity contribution in [3.05, 3.63) is 72.8 Å². The Morgan fingerprint density at radius 2 is 1.96 bits per heavy atom. The van der Waals surface area contributed by atoms with Gasteiger partial charge < -0.3 is 9.80 Å². The first-order valence-corrected chi connectivity index (χ1v) is 9.67. The highest BCUT2D eigenvalue weighted by molar-refractivity contribution is 5.91. The SMILES string of the molecule is C=CC(=O)N1CCN(C(=O)C2(c3cnccn3)CC2)C(Cc2ccccc2)C1. The number of benzene rings is 1. The van der Waals surface area contributed by atoms with Crippen LogP contribution in [0.15, 0.2) is 61.6 Å². The Labute approximate surface area is 164 Å². The first-order chi connectivity index (χ1) is 13.6. The first kappa shape index (κ1) is 18.3. The van der Waals surface area contributed by atoms with Crippen LogP contribution in [0.3, 0.4) is 0 Å². The Morgan fingerprint density at radius 1 is 1.18 bits per heavy atom. The van der Waals surface area contributed by atoms with Crippen LogP contribution in [-0.2, 0) is 21.4 Å². The van der Waals surface area contributed by atoms with Gasteiger partial charge in [-0.1, -0.05) is 36.9 Å². The summed E-state index contributed by atoms with van der Waals surface area (Å²) in [6.45, 7) is 5.17. The van der Waals surface area contributed by atoms with Crippen molar-refractivity contribution in [2.75, 3.05) is 19.6 Å². The van der Waals surface area contributed by atoms with E-state index < -0.39 is 5.41 Å². The van der Waals surface area contributed by atoms with E-state index in [0.29, 0.717) is 26.1 Å². The molecule has 0 bridgehead atoms. The highest BCUT2D eigenvalue weighted by Crippen LogP contribution is 2.49. The van der Waals surface area contributed by atoms with Crippen molar-refractivity contribution in [1.82, 2.24) is 19.8 Å². The van der Waals surface area contributed by atoms with E-state index >= 15 is 0 Å². The maximum absolute atomic E-state index is 13.6. The Hall–Kier alpha value is -3.02. The summed E-state index contributed by atoms with van der Waals surface area (Å²) in [4.78, 5) is 38.0. The van der Waals surface area contributed by atoms with Gasteiger partial charge in [-0.05, 0) is 30.9 Å². The zero-order valence-electron chi connectivity index (χ0n) is 15.8. The lowest BCUT2D eigenvalue weighted by Gasteiger charge is -2.42. The molecule has 1 unspecified atom stereocenters. The monoisotopic (exact) mass is 376 g/mol. The van der Waals surface area contributed by atoms with Crippen LogP contribution in [0.2, 0.25) is 0 Å². The molecule has 1 aliphatic carbocycles. The molecule has 1 aliphatic heterocycles. The molecular formula is C22H24N4O2. The predicted molar refractivity (Wildman–Crippen MR) is 105 cm³/mol. The van der Waals surface area contributed by atoms with Crippen LogP contribution >= 0.6 is 0 Å². The van der Waals surface area contributed by atoms with E-state index in [9.17, 15) is 9.59 Å². The molecule has 1 saturated carbocycles. The van der Waals surface area contributed by atoms with Crippen LogP contribution in [0.5, 0.6) is 0 Å². The molecule has 28 heavy (non-hydrogen) atoms. The summed E-state index contributed by atoms with van der Waals surface area (Å²) in [5.74, 6) is 0.0276. The van der Waals surface area contributed by atoms with E-state index in [-0.39, 0.29) is 17.9 Å². The summed E-state index contributed by atoms with van der Waals surface area (Å²) < 4.78 is 0. The second-order valence-electron chi connectivity index (χ2n) is 7.50. The highest BCUT2D eigenvalue weighted by atomic mass is 16.2. The molecule has 2 fully saturated rings. The summed E-state index contributed by atoms with van der Waals surface area (Å²) in [6.07, 6.45) is 8.63. The number of hydrogen-bond acceptors (Lipinski definition) is 4. The van der Waals surface area contributed by atoms with E-state index in [1.807, 2.05) is 23.1 Å². The summed E-state index contributed by atoms with van der Waals surface area (Å²) in [5.41, 5.74) is 1.36. The van der Waals surface area contributed by atoms with E-state index in [1.54, 1.807) is 23.5 Å². The van der Waals surface area contributed by atoms with Gasteiger partial charge in [0.05, 0.1) is 17.2 Å². The van der Waals surface area contributed by atoms with Gasteiger partial charge in [-0.2, -0.15) is 0 Å². The number of amides is 2. The van der Waals surface area contributed by atoms with Gasteiger partial charge in [0.2, 0.25) is 11.8 Å². The first-order valence-electron chi connectivity index (χ1n) is 9.67. The fraction of sp³-hybridized carbons (Fsp3) is 0.364. The Balaban J connectivity index is 1.59. The molecule has 6 nitrogen and oxygen atoms in total. The van der Waals surface area contributed by atoms with Crippen molar-refractivity contribution in [2.24, 2.45) is 0 Å². The smallest absolute Gasteiger partial charge is 0.246 e. The fourth-order valence-corrected chi connectivity index (χ4v) is 4.04. The van der Waals surface area contributed by atoms with Gasteiger partial charge in [-0.15, -0.1) is 0 Å². The van der Waals surface area contributed by atoms with Crippen molar-refractivity contribution >= 4 is 11.8 Å². The molecular weight excluding hydrogens is 352 g/mol. The number of hydrogen-bond donors (Lipinski definition) is 0. The number of aromatic nitrogens is 2. The van der Waals surface area contributed by atoms with Crippen molar-refractivity contribution in [2.45, 2.75) is 30.7 Å². The number of carbonyl (C=O) groups is 2. The third-order valence-corrected chi connectivity index (χ3v) is 5.76. The van der Waals surface area contributed by atoms with E-state index in [1.165, 1.54) is 6.08 Å². The third kappa shape index (κ3) is 3.42. The molecule has 2 aromatic rings. The summed E-state index contributed by atoms with van der Waals surface area (Å²) >= 11 is 0. The zero-order chi connectivity index (χ0) is 19.6. The fourth-order valence-electron chi connectivity index (χ4n) is 4.04. The van der Waals surface area contributed by atoms with Crippen molar-refractivity contribution in [1.29, 1.82) is 0 Å². The van der Waals surface area contributed by atoms with E-state index in [0.717, 1.165) is 24.1 Å². The van der Waals surface area contributed by atoms with Gasteiger partial charge in [0.1, 0.15) is 0 Å². The van der Waals surface area contributed by atoms with Crippen molar-refractivity contribution in [3.63, 3.8) is 0 Å². The van der Waals surface area contributed by atoms with Crippen molar-refractivity contribution in [3.8, 4) is 0 Å². The van der Waals surface area contributed by atoms with Crippen LogP contribution < -0.4 is 0 Å². The normalized spacial score (nSPS) is 20.5. The average molecular weight is 376 g/mol. The molecule has 2 amide bonds. The maximum Gasteiger partial charge on any atom is 0.246 e. The standard InChI is InChI=1S/C22H24N4O2/c1-2-20(27)25-12-13-26(18(16-25)14-17-6-4-3-5-7-17)21(28)22(8-9-22)19-15-23-10-11-24-19/h2-7,10-11,15,18H,1,8-9,12-14,16H2. The molecule has 1 saturated heterocycles. The van der Waals surface area contributed by atoms with Gasteiger partial charge in [0.15, 0.2) is 0 Å². The van der Waals surface area contributed by atoms with Gasteiger partial charge >= 0.3 is 0 Å². The summed E-state index contributed by atoms with van der Waals surface area (Å²) in [7, 11) is 0. The summed E-state index contributed by atoms with van der Waals surface area (Å²) in [5, 5.41) is 0. The minimum Gasteiger partial charge on any atom is -0.335 e. The van der Waals surface area contributed by atoms with Crippen LogP contribution in [-0.4, -0.2) is 57.3 Å². The molecule has 4 rings (SSSR count). The number of nitrogens with zero attached hydrogens (tertiary/aromatic N) is 4. The van der Waals surface area contributed by atoms with Crippen LogP contribution in [0, 0.1) is 0 Å². The van der Waals surface area contributed by atoms with E-state index in [2.05, 4.69) is 28.7 Å². The van der Waals surface area contributed by atoms with Gasteiger partial charge in [0, 0.05) is 38.2 Å². The lowest BCUT2D eigenvalue weighted by atomic mass is 9.96. The van der Waals surface area contributed by atoms with Gasteiger partial charge in [-0.3, -0.25) is 19.6 Å². The molecule has 2 heterocycles. The largest absolute Gasteiger partial charge is 0.335 e. The Kier molecular flexibility index (Phi) is 4.94. The molecule has 0 spiro atoms. The van der Waals surface area contributed by atoms with Crippen molar-refractivity contribution < 1.29 is 9.59 Å². The van der Waals surface area contributed by atoms with Gasteiger partial charge in [0.25, 0.3) is 0 Å². The summed E-state index contributed by atoms with van der Waals surface area (Å²) in [6, 6.07) is 10.0. The molecule has 1 aromatic carbocycles. The highest BCUT2D eigenvalue weighted by Gasteiger charge is 2.55. The molecule has 1 aromatic heterocycles. The van der Waals surface area contributed by atoms with Gasteiger partial charge in [-0.25, -0.2) is 0 Å². The quantitative estimate of drug-likeness (QED) is 0.749.